The van der Waals surface area contributed by atoms with Gasteiger partial charge < -0.3 is 5.11 Å². The van der Waals surface area contributed by atoms with Crippen molar-refractivity contribution in [3.05, 3.63) is 35.4 Å². The smallest absolute Gasteiger partial charge is 0.126 e. The molecule has 100 valence electrons. The van der Waals surface area contributed by atoms with Gasteiger partial charge in [0.05, 0.1) is 6.10 Å². The minimum atomic E-state index is -0.574. The van der Waals surface area contributed by atoms with Crippen LogP contribution in [-0.2, 0) is 6.42 Å². The Balaban J connectivity index is 1.96. The number of aliphatic hydroxyl groups excluding tert-OH is 1. The fourth-order valence-corrected chi connectivity index (χ4v) is 2.97. The molecule has 3 unspecified atom stereocenters. The van der Waals surface area contributed by atoms with Crippen molar-refractivity contribution < 1.29 is 13.9 Å². The maximum atomic E-state index is 13.1. The zero-order valence-electron chi connectivity index (χ0n) is 10.7. The molecule has 3 atom stereocenters. The predicted molar refractivity (Wildman–Crippen MR) is 67.2 cm³/mol. The second-order valence-electron chi connectivity index (χ2n) is 5.40. The first-order chi connectivity index (χ1) is 8.58. The Kier molecular flexibility index (Phi) is 4.33. The van der Waals surface area contributed by atoms with Gasteiger partial charge in [-0.25, -0.2) is 8.78 Å². The number of aliphatic hydroxyl groups is 1. The molecular formula is C15H20F2O. The molecule has 1 aromatic rings. The summed E-state index contributed by atoms with van der Waals surface area (Å²) < 4.78 is 26.1. The van der Waals surface area contributed by atoms with Crippen LogP contribution in [0.5, 0.6) is 0 Å². The first-order valence-electron chi connectivity index (χ1n) is 6.71. The molecule has 1 aliphatic carbocycles. The lowest BCUT2D eigenvalue weighted by molar-refractivity contribution is 0.108. The fraction of sp³-hybridized carbons (Fsp3) is 0.600. The third-order valence-corrected chi connectivity index (χ3v) is 4.07. The van der Waals surface area contributed by atoms with E-state index in [1.54, 1.807) is 0 Å². The van der Waals surface area contributed by atoms with Crippen molar-refractivity contribution in [3.8, 4) is 0 Å². The van der Waals surface area contributed by atoms with Crippen LogP contribution in [0.25, 0.3) is 0 Å². The van der Waals surface area contributed by atoms with Crippen molar-refractivity contribution in [1.29, 1.82) is 0 Å². The highest BCUT2D eigenvalue weighted by Gasteiger charge is 2.28. The lowest BCUT2D eigenvalue weighted by Gasteiger charge is -2.18. The van der Waals surface area contributed by atoms with Crippen molar-refractivity contribution in [2.24, 2.45) is 11.8 Å². The third-order valence-electron chi connectivity index (χ3n) is 4.07. The van der Waals surface area contributed by atoms with Gasteiger partial charge >= 0.3 is 0 Å². The lowest BCUT2D eigenvalue weighted by atomic mass is 9.93. The van der Waals surface area contributed by atoms with E-state index in [4.69, 9.17) is 0 Å². The highest BCUT2D eigenvalue weighted by molar-refractivity contribution is 5.18. The predicted octanol–water partition coefficient (Wildman–Crippen LogP) is 3.69. The second kappa shape index (κ2) is 5.79. The molecule has 18 heavy (non-hydrogen) atoms. The van der Waals surface area contributed by atoms with E-state index in [0.29, 0.717) is 17.9 Å². The van der Waals surface area contributed by atoms with Crippen LogP contribution in [0.15, 0.2) is 18.2 Å². The molecule has 3 heteroatoms. The third kappa shape index (κ3) is 3.29. The van der Waals surface area contributed by atoms with Crippen LogP contribution >= 0.6 is 0 Å². The van der Waals surface area contributed by atoms with Crippen molar-refractivity contribution in [1.82, 2.24) is 0 Å². The van der Waals surface area contributed by atoms with Gasteiger partial charge in [-0.15, -0.1) is 0 Å². The first kappa shape index (κ1) is 13.5. The standard InChI is InChI=1S/C15H20F2O/c1-2-10-3-4-12(5-10)15(18)8-11-6-13(16)9-14(17)7-11/h6-7,9-10,12,15,18H,2-5,8H2,1H3. The van der Waals surface area contributed by atoms with Gasteiger partial charge in [0.15, 0.2) is 0 Å². The summed E-state index contributed by atoms with van der Waals surface area (Å²) in [6.07, 6.45) is 4.23. The zero-order valence-corrected chi connectivity index (χ0v) is 10.7. The van der Waals surface area contributed by atoms with Crippen molar-refractivity contribution >= 4 is 0 Å². The summed E-state index contributed by atoms with van der Waals surface area (Å²) in [5, 5.41) is 10.2. The topological polar surface area (TPSA) is 20.2 Å². The maximum absolute atomic E-state index is 13.1. The van der Waals surface area contributed by atoms with E-state index < -0.39 is 17.7 Å². The summed E-state index contributed by atoms with van der Waals surface area (Å²) in [5.74, 6) is -0.166. The molecular weight excluding hydrogens is 234 g/mol. The van der Waals surface area contributed by atoms with E-state index in [1.165, 1.54) is 12.1 Å². The summed E-state index contributed by atoms with van der Waals surface area (Å²) in [4.78, 5) is 0. The normalized spacial score (nSPS) is 25.3. The molecule has 0 radical (unpaired) electrons. The molecule has 0 amide bonds. The molecule has 1 N–H and O–H groups in total. The molecule has 2 rings (SSSR count). The Morgan fingerprint density at radius 1 is 1.22 bits per heavy atom. The molecule has 1 aliphatic rings. The van der Waals surface area contributed by atoms with Gasteiger partial charge in [-0.05, 0) is 48.8 Å². The number of halogens is 2. The van der Waals surface area contributed by atoms with Crippen LogP contribution < -0.4 is 0 Å². The minimum Gasteiger partial charge on any atom is -0.392 e. The van der Waals surface area contributed by atoms with Crippen molar-refractivity contribution in [3.63, 3.8) is 0 Å². The summed E-state index contributed by atoms with van der Waals surface area (Å²) in [6.45, 7) is 2.17. The van der Waals surface area contributed by atoms with Crippen LogP contribution in [0, 0.1) is 23.5 Å². The van der Waals surface area contributed by atoms with Crippen molar-refractivity contribution in [2.45, 2.75) is 45.1 Å². The van der Waals surface area contributed by atoms with E-state index in [2.05, 4.69) is 6.92 Å². The fourth-order valence-electron chi connectivity index (χ4n) is 2.97. The number of rotatable bonds is 4. The molecule has 0 heterocycles. The molecule has 1 fully saturated rings. The maximum Gasteiger partial charge on any atom is 0.126 e. The molecule has 0 bridgehead atoms. The monoisotopic (exact) mass is 254 g/mol. The molecule has 0 saturated heterocycles. The van der Waals surface area contributed by atoms with E-state index in [-0.39, 0.29) is 5.92 Å². The first-order valence-corrected chi connectivity index (χ1v) is 6.71. The van der Waals surface area contributed by atoms with Crippen molar-refractivity contribution in [2.75, 3.05) is 0 Å². The molecule has 1 nitrogen and oxygen atoms in total. The number of hydrogen-bond acceptors (Lipinski definition) is 1. The van der Waals surface area contributed by atoms with Gasteiger partial charge in [0.1, 0.15) is 11.6 Å². The minimum absolute atomic E-state index is 0.279. The van der Waals surface area contributed by atoms with E-state index in [9.17, 15) is 13.9 Å². The van der Waals surface area contributed by atoms with Crippen LogP contribution in [0.4, 0.5) is 8.78 Å². The Morgan fingerprint density at radius 2 is 1.89 bits per heavy atom. The van der Waals surface area contributed by atoms with Crippen LogP contribution in [-0.4, -0.2) is 11.2 Å². The second-order valence-corrected chi connectivity index (χ2v) is 5.40. The van der Waals surface area contributed by atoms with Crippen LogP contribution in [0.2, 0.25) is 0 Å². The van der Waals surface area contributed by atoms with Gasteiger partial charge in [-0.1, -0.05) is 19.8 Å². The summed E-state index contributed by atoms with van der Waals surface area (Å²) in [7, 11) is 0. The summed E-state index contributed by atoms with van der Waals surface area (Å²) >= 11 is 0. The molecule has 0 aromatic heterocycles. The van der Waals surface area contributed by atoms with Gasteiger partial charge in [0, 0.05) is 6.07 Å². The summed E-state index contributed by atoms with van der Waals surface area (Å²) in [5.41, 5.74) is 0.542. The van der Waals surface area contributed by atoms with Gasteiger partial charge in [-0.2, -0.15) is 0 Å². The zero-order chi connectivity index (χ0) is 13.1. The highest BCUT2D eigenvalue weighted by Crippen LogP contribution is 2.35. The quantitative estimate of drug-likeness (QED) is 0.868. The average molecular weight is 254 g/mol. The van der Waals surface area contributed by atoms with E-state index >= 15 is 0 Å². The largest absolute Gasteiger partial charge is 0.392 e. The average Bonchev–Trinajstić information content (AvgIpc) is 2.75. The van der Waals surface area contributed by atoms with Gasteiger partial charge in [0.2, 0.25) is 0 Å². The molecule has 1 saturated carbocycles. The van der Waals surface area contributed by atoms with Crippen LogP contribution in [0.3, 0.4) is 0 Å². The molecule has 1 aromatic carbocycles. The highest BCUT2D eigenvalue weighted by atomic mass is 19.1. The lowest BCUT2D eigenvalue weighted by Crippen LogP contribution is -2.21. The molecule has 0 aliphatic heterocycles. The number of hydrogen-bond donors (Lipinski definition) is 1. The Hall–Kier alpha value is -0.960. The van der Waals surface area contributed by atoms with Gasteiger partial charge in [-0.3, -0.25) is 0 Å². The van der Waals surface area contributed by atoms with Crippen LogP contribution in [0.1, 0.15) is 38.2 Å². The molecule has 0 spiro atoms. The Bertz CT molecular complexity index is 385. The number of benzene rings is 1. The SMILES string of the molecule is CCC1CCC(C(O)Cc2cc(F)cc(F)c2)C1. The van der Waals surface area contributed by atoms with E-state index in [1.807, 2.05) is 0 Å². The Morgan fingerprint density at radius 3 is 2.44 bits per heavy atom. The van der Waals surface area contributed by atoms with E-state index in [0.717, 1.165) is 31.7 Å². The van der Waals surface area contributed by atoms with Gasteiger partial charge in [0.25, 0.3) is 0 Å². The summed E-state index contributed by atoms with van der Waals surface area (Å²) in [6, 6.07) is 3.47. The Labute approximate surface area is 107 Å².